The Morgan fingerprint density at radius 3 is 1.82 bits per heavy atom. The number of halogens is 1. The Balaban J connectivity index is 2.61. The van der Waals surface area contributed by atoms with Crippen LogP contribution in [0, 0.1) is 15.4 Å². The van der Waals surface area contributed by atoms with Gasteiger partial charge in [0, 0.05) is 23.2 Å². The Bertz CT molecular complexity index is 306. The molecule has 0 unspecified atom stereocenters. The van der Waals surface area contributed by atoms with E-state index in [2.05, 4.69) is 79.5 Å². The molecular formula is C15H24IN. The van der Waals surface area contributed by atoms with E-state index in [1.165, 1.54) is 22.2 Å². The zero-order valence-corrected chi connectivity index (χ0v) is 13.6. The first-order chi connectivity index (χ1) is 7.97. The standard InChI is InChI=1S/C15H24IN/c1-12(2)9-17(10-13(3)4)11-14-5-7-15(16)8-6-14/h5-8,12-13H,9-11H2,1-4H3. The Labute approximate surface area is 120 Å². The number of hydrogen-bond donors (Lipinski definition) is 0. The smallest absolute Gasteiger partial charge is 0.0233 e. The van der Waals surface area contributed by atoms with Crippen LogP contribution in [-0.4, -0.2) is 18.0 Å². The number of benzene rings is 1. The van der Waals surface area contributed by atoms with Crippen molar-refractivity contribution in [2.24, 2.45) is 11.8 Å². The first-order valence-electron chi connectivity index (χ1n) is 6.44. The number of hydrogen-bond acceptors (Lipinski definition) is 1. The van der Waals surface area contributed by atoms with Crippen molar-refractivity contribution >= 4 is 22.6 Å². The minimum absolute atomic E-state index is 0.734. The van der Waals surface area contributed by atoms with Crippen molar-refractivity contribution in [3.63, 3.8) is 0 Å². The molecule has 0 N–H and O–H groups in total. The van der Waals surface area contributed by atoms with Crippen LogP contribution in [0.3, 0.4) is 0 Å². The van der Waals surface area contributed by atoms with Gasteiger partial charge in [0.2, 0.25) is 0 Å². The fourth-order valence-electron chi connectivity index (χ4n) is 2.08. The van der Waals surface area contributed by atoms with Gasteiger partial charge < -0.3 is 0 Å². The highest BCUT2D eigenvalue weighted by atomic mass is 127. The summed E-state index contributed by atoms with van der Waals surface area (Å²) in [4.78, 5) is 2.57. The second-order valence-corrected chi connectivity index (χ2v) is 6.85. The number of nitrogens with zero attached hydrogens (tertiary/aromatic N) is 1. The maximum Gasteiger partial charge on any atom is 0.0233 e. The molecule has 0 saturated heterocycles. The van der Waals surface area contributed by atoms with Gasteiger partial charge in [0.1, 0.15) is 0 Å². The summed E-state index contributed by atoms with van der Waals surface area (Å²) in [5, 5.41) is 0. The van der Waals surface area contributed by atoms with Crippen LogP contribution in [0.4, 0.5) is 0 Å². The summed E-state index contributed by atoms with van der Waals surface area (Å²) >= 11 is 2.36. The molecular weight excluding hydrogens is 321 g/mol. The third-order valence-corrected chi connectivity index (χ3v) is 3.29. The van der Waals surface area contributed by atoms with Crippen molar-refractivity contribution in [1.82, 2.24) is 4.90 Å². The van der Waals surface area contributed by atoms with E-state index in [-0.39, 0.29) is 0 Å². The molecule has 0 aromatic heterocycles. The average Bonchev–Trinajstić information content (AvgIpc) is 2.19. The molecule has 96 valence electrons. The van der Waals surface area contributed by atoms with E-state index < -0.39 is 0 Å². The topological polar surface area (TPSA) is 3.24 Å². The lowest BCUT2D eigenvalue weighted by Gasteiger charge is -2.26. The van der Waals surface area contributed by atoms with Gasteiger partial charge >= 0.3 is 0 Å². The Hall–Kier alpha value is -0.0900. The van der Waals surface area contributed by atoms with Gasteiger partial charge in [0.05, 0.1) is 0 Å². The summed E-state index contributed by atoms with van der Waals surface area (Å²) in [5.41, 5.74) is 1.42. The molecule has 0 spiro atoms. The molecule has 0 amide bonds. The van der Waals surface area contributed by atoms with E-state index in [1.807, 2.05) is 0 Å². The lowest BCUT2D eigenvalue weighted by atomic mass is 10.1. The molecule has 0 aliphatic rings. The molecule has 1 rings (SSSR count). The molecule has 0 bridgehead atoms. The van der Waals surface area contributed by atoms with E-state index in [4.69, 9.17) is 0 Å². The van der Waals surface area contributed by atoms with E-state index in [9.17, 15) is 0 Å². The Kier molecular flexibility index (Phi) is 6.49. The lowest BCUT2D eigenvalue weighted by Crippen LogP contribution is -2.30. The fourth-order valence-corrected chi connectivity index (χ4v) is 2.44. The molecule has 0 aliphatic heterocycles. The van der Waals surface area contributed by atoms with Gasteiger partial charge in [0.25, 0.3) is 0 Å². The van der Waals surface area contributed by atoms with Gasteiger partial charge in [0.15, 0.2) is 0 Å². The molecule has 0 aliphatic carbocycles. The second-order valence-electron chi connectivity index (χ2n) is 5.61. The molecule has 1 aromatic carbocycles. The fraction of sp³-hybridized carbons (Fsp3) is 0.600. The van der Waals surface area contributed by atoms with Gasteiger partial charge in [-0.15, -0.1) is 0 Å². The van der Waals surface area contributed by atoms with E-state index in [0.29, 0.717) is 0 Å². The van der Waals surface area contributed by atoms with E-state index >= 15 is 0 Å². The summed E-state index contributed by atoms with van der Waals surface area (Å²) in [6.07, 6.45) is 0. The van der Waals surface area contributed by atoms with Crippen LogP contribution in [0.5, 0.6) is 0 Å². The SMILES string of the molecule is CC(C)CN(Cc1ccc(I)cc1)CC(C)C. The molecule has 17 heavy (non-hydrogen) atoms. The minimum atomic E-state index is 0.734. The second kappa shape index (κ2) is 7.37. The highest BCUT2D eigenvalue weighted by Gasteiger charge is 2.09. The van der Waals surface area contributed by atoms with Crippen molar-refractivity contribution in [3.8, 4) is 0 Å². The highest BCUT2D eigenvalue weighted by Crippen LogP contribution is 2.12. The van der Waals surface area contributed by atoms with Crippen molar-refractivity contribution in [1.29, 1.82) is 0 Å². The van der Waals surface area contributed by atoms with Crippen LogP contribution in [0.15, 0.2) is 24.3 Å². The molecule has 0 radical (unpaired) electrons. The minimum Gasteiger partial charge on any atom is -0.299 e. The molecule has 0 fully saturated rings. The molecule has 1 aromatic rings. The predicted octanol–water partition coefficient (Wildman–Crippen LogP) is 4.41. The highest BCUT2D eigenvalue weighted by molar-refractivity contribution is 14.1. The zero-order valence-electron chi connectivity index (χ0n) is 11.4. The Morgan fingerprint density at radius 2 is 1.41 bits per heavy atom. The summed E-state index contributed by atoms with van der Waals surface area (Å²) in [6, 6.07) is 8.88. The van der Waals surface area contributed by atoms with Crippen LogP contribution >= 0.6 is 22.6 Å². The maximum atomic E-state index is 2.57. The lowest BCUT2D eigenvalue weighted by molar-refractivity contribution is 0.211. The van der Waals surface area contributed by atoms with Crippen molar-refractivity contribution in [2.45, 2.75) is 34.2 Å². The van der Waals surface area contributed by atoms with Crippen LogP contribution in [0.2, 0.25) is 0 Å². The normalized spacial score (nSPS) is 11.8. The summed E-state index contributed by atoms with van der Waals surface area (Å²) < 4.78 is 1.31. The van der Waals surface area contributed by atoms with Gasteiger partial charge in [-0.3, -0.25) is 4.90 Å². The third kappa shape index (κ3) is 6.41. The van der Waals surface area contributed by atoms with E-state index in [0.717, 1.165) is 18.4 Å². The monoisotopic (exact) mass is 345 g/mol. The summed E-state index contributed by atoms with van der Waals surface area (Å²) in [7, 11) is 0. The molecule has 1 nitrogen and oxygen atoms in total. The zero-order chi connectivity index (χ0) is 12.8. The average molecular weight is 345 g/mol. The van der Waals surface area contributed by atoms with E-state index in [1.54, 1.807) is 0 Å². The quantitative estimate of drug-likeness (QED) is 0.691. The van der Waals surface area contributed by atoms with Gasteiger partial charge in [-0.1, -0.05) is 39.8 Å². The summed E-state index contributed by atoms with van der Waals surface area (Å²) in [5.74, 6) is 1.47. The molecule has 0 atom stereocenters. The van der Waals surface area contributed by atoms with Crippen LogP contribution in [-0.2, 0) is 6.54 Å². The Morgan fingerprint density at radius 1 is 0.941 bits per heavy atom. The summed E-state index contributed by atoms with van der Waals surface area (Å²) in [6.45, 7) is 12.6. The third-order valence-electron chi connectivity index (χ3n) is 2.57. The predicted molar refractivity (Wildman–Crippen MR) is 84.1 cm³/mol. The van der Waals surface area contributed by atoms with Crippen molar-refractivity contribution in [3.05, 3.63) is 33.4 Å². The van der Waals surface area contributed by atoms with Crippen LogP contribution in [0.25, 0.3) is 0 Å². The van der Waals surface area contributed by atoms with Crippen LogP contribution < -0.4 is 0 Å². The first kappa shape index (κ1) is 15.0. The van der Waals surface area contributed by atoms with Gasteiger partial charge in [-0.2, -0.15) is 0 Å². The maximum absolute atomic E-state index is 2.57. The van der Waals surface area contributed by atoms with Crippen molar-refractivity contribution < 1.29 is 0 Å². The van der Waals surface area contributed by atoms with Gasteiger partial charge in [-0.25, -0.2) is 0 Å². The largest absolute Gasteiger partial charge is 0.299 e. The van der Waals surface area contributed by atoms with Gasteiger partial charge in [-0.05, 0) is 52.1 Å². The molecule has 2 heteroatoms. The molecule has 0 heterocycles. The van der Waals surface area contributed by atoms with Crippen LogP contribution in [0.1, 0.15) is 33.3 Å². The van der Waals surface area contributed by atoms with Crippen molar-refractivity contribution in [2.75, 3.05) is 13.1 Å². The number of rotatable bonds is 6. The first-order valence-corrected chi connectivity index (χ1v) is 7.52. The molecule has 0 saturated carbocycles.